The molecule has 3 rings (SSSR count). The Morgan fingerprint density at radius 2 is 1.89 bits per heavy atom. The minimum atomic E-state index is -0.204. The quantitative estimate of drug-likeness (QED) is 0.536. The Morgan fingerprint density at radius 3 is 2.57 bits per heavy atom. The Morgan fingerprint density at radius 1 is 1.14 bits per heavy atom. The van der Waals surface area contributed by atoms with E-state index in [9.17, 15) is 4.79 Å². The van der Waals surface area contributed by atoms with Crippen LogP contribution in [0.4, 0.5) is 5.13 Å². The van der Waals surface area contributed by atoms with Crippen molar-refractivity contribution in [3.63, 3.8) is 0 Å². The van der Waals surface area contributed by atoms with Crippen molar-refractivity contribution < 1.29 is 9.53 Å². The number of carbonyl (C=O) groups excluding carboxylic acids is 1. The average Bonchev–Trinajstić information content (AvgIpc) is 3.05. The van der Waals surface area contributed by atoms with Crippen LogP contribution >= 0.6 is 11.3 Å². The number of hydrogen-bond donors (Lipinski definition) is 1. The van der Waals surface area contributed by atoms with Gasteiger partial charge in [-0.05, 0) is 53.6 Å². The number of benzene rings is 2. The molecule has 0 radical (unpaired) electrons. The van der Waals surface area contributed by atoms with E-state index < -0.39 is 0 Å². The molecular formula is C23H28N2O2S. The smallest absolute Gasteiger partial charge is 0.264 e. The molecule has 1 N–H and O–H groups in total. The zero-order chi connectivity index (χ0) is 20.1. The van der Waals surface area contributed by atoms with Crippen LogP contribution in [-0.4, -0.2) is 17.5 Å². The predicted molar refractivity (Wildman–Crippen MR) is 117 cm³/mol. The fourth-order valence-electron chi connectivity index (χ4n) is 2.91. The summed E-state index contributed by atoms with van der Waals surface area (Å²) in [7, 11) is 0. The highest BCUT2D eigenvalue weighted by atomic mass is 32.1. The number of carbonyl (C=O) groups is 1. The van der Waals surface area contributed by atoms with E-state index in [2.05, 4.69) is 50.1 Å². The number of fused-ring (bicyclic) bond motifs is 1. The molecule has 0 unspecified atom stereocenters. The number of ether oxygens (including phenoxy) is 1. The van der Waals surface area contributed by atoms with Gasteiger partial charge in [-0.25, -0.2) is 4.98 Å². The van der Waals surface area contributed by atoms with Crippen LogP contribution in [0.3, 0.4) is 0 Å². The van der Waals surface area contributed by atoms with E-state index in [1.807, 2.05) is 30.3 Å². The number of anilines is 1. The van der Waals surface area contributed by atoms with E-state index in [1.54, 1.807) is 0 Å². The second-order valence-electron chi connectivity index (χ2n) is 8.04. The molecule has 0 aliphatic carbocycles. The van der Waals surface area contributed by atoms with Gasteiger partial charge in [-0.15, -0.1) is 0 Å². The minimum Gasteiger partial charge on any atom is -0.484 e. The number of aromatic nitrogens is 1. The van der Waals surface area contributed by atoms with Crippen LogP contribution in [-0.2, 0) is 16.6 Å². The number of thiazole rings is 1. The van der Waals surface area contributed by atoms with Crippen LogP contribution in [0, 0.1) is 0 Å². The van der Waals surface area contributed by atoms with Crippen LogP contribution in [0.1, 0.15) is 51.7 Å². The van der Waals surface area contributed by atoms with Crippen molar-refractivity contribution in [3.8, 4) is 5.75 Å². The predicted octanol–water partition coefficient (Wildman–Crippen LogP) is 5.95. The number of amides is 1. The maximum Gasteiger partial charge on any atom is 0.264 e. The van der Waals surface area contributed by atoms with E-state index in [4.69, 9.17) is 4.74 Å². The fraction of sp³-hybridized carbons (Fsp3) is 0.391. The first-order valence-electron chi connectivity index (χ1n) is 9.78. The number of hydrogen-bond acceptors (Lipinski definition) is 4. The average molecular weight is 397 g/mol. The number of aryl methyl sites for hydroxylation is 1. The summed E-state index contributed by atoms with van der Waals surface area (Å²) in [6.07, 6.45) is 3.44. The molecule has 4 nitrogen and oxygen atoms in total. The Labute approximate surface area is 171 Å². The molecule has 0 aliphatic rings. The van der Waals surface area contributed by atoms with Crippen molar-refractivity contribution in [2.24, 2.45) is 0 Å². The van der Waals surface area contributed by atoms with Gasteiger partial charge in [0.15, 0.2) is 11.7 Å². The summed E-state index contributed by atoms with van der Waals surface area (Å²) in [5.41, 5.74) is 3.56. The van der Waals surface area contributed by atoms with Crippen LogP contribution in [0.25, 0.3) is 10.2 Å². The lowest BCUT2D eigenvalue weighted by atomic mass is 9.87. The number of unbranched alkanes of at least 4 members (excludes halogenated alkanes) is 1. The highest BCUT2D eigenvalue weighted by Gasteiger charge is 2.13. The van der Waals surface area contributed by atoms with Gasteiger partial charge in [0.05, 0.1) is 10.2 Å². The highest BCUT2D eigenvalue weighted by molar-refractivity contribution is 7.22. The molecule has 28 heavy (non-hydrogen) atoms. The van der Waals surface area contributed by atoms with E-state index in [1.165, 1.54) is 35.3 Å². The van der Waals surface area contributed by atoms with Crippen molar-refractivity contribution in [1.29, 1.82) is 0 Å². The van der Waals surface area contributed by atoms with E-state index >= 15 is 0 Å². The first-order chi connectivity index (χ1) is 13.3. The minimum absolute atomic E-state index is 0.0352. The standard InChI is InChI=1S/C23H28N2O2S/c1-5-6-7-16-8-13-19-20(14-16)28-22(24-19)25-21(26)15-27-18-11-9-17(10-12-18)23(2,3)4/h8-14H,5-7,15H2,1-4H3,(H,24,25,26). The second-order valence-corrected chi connectivity index (χ2v) is 9.07. The third-order valence-electron chi connectivity index (χ3n) is 4.61. The molecule has 0 fully saturated rings. The molecular weight excluding hydrogens is 368 g/mol. The van der Waals surface area contributed by atoms with Gasteiger partial charge in [0.25, 0.3) is 5.91 Å². The maximum atomic E-state index is 12.2. The Hall–Kier alpha value is -2.40. The third-order valence-corrected chi connectivity index (χ3v) is 5.54. The van der Waals surface area contributed by atoms with Crippen LogP contribution < -0.4 is 10.1 Å². The summed E-state index contributed by atoms with van der Waals surface area (Å²) >= 11 is 1.50. The summed E-state index contributed by atoms with van der Waals surface area (Å²) in [5, 5.41) is 3.45. The van der Waals surface area contributed by atoms with Gasteiger partial charge in [0.2, 0.25) is 0 Å². The van der Waals surface area contributed by atoms with Gasteiger partial charge in [0, 0.05) is 0 Å². The molecule has 2 aromatic carbocycles. The number of rotatable bonds is 7. The molecule has 0 aliphatic heterocycles. The molecule has 148 valence electrons. The van der Waals surface area contributed by atoms with Crippen LogP contribution in [0.2, 0.25) is 0 Å². The molecule has 0 bridgehead atoms. The molecule has 5 heteroatoms. The van der Waals surface area contributed by atoms with Crippen molar-refractivity contribution in [1.82, 2.24) is 4.98 Å². The van der Waals surface area contributed by atoms with Gasteiger partial charge < -0.3 is 4.74 Å². The summed E-state index contributed by atoms with van der Waals surface area (Å²) in [5.74, 6) is 0.484. The number of nitrogens with zero attached hydrogens (tertiary/aromatic N) is 1. The summed E-state index contributed by atoms with van der Waals surface area (Å²) < 4.78 is 6.71. The normalized spacial score (nSPS) is 11.6. The zero-order valence-electron chi connectivity index (χ0n) is 17.0. The molecule has 1 heterocycles. The van der Waals surface area contributed by atoms with Crippen LogP contribution in [0.15, 0.2) is 42.5 Å². The molecule has 0 atom stereocenters. The van der Waals surface area contributed by atoms with E-state index in [0.29, 0.717) is 10.9 Å². The summed E-state index contributed by atoms with van der Waals surface area (Å²) in [4.78, 5) is 16.7. The highest BCUT2D eigenvalue weighted by Crippen LogP contribution is 2.27. The molecule has 0 saturated heterocycles. The van der Waals surface area contributed by atoms with Crippen molar-refractivity contribution in [2.45, 2.75) is 52.4 Å². The molecule has 0 saturated carbocycles. The van der Waals surface area contributed by atoms with Gasteiger partial charge in [-0.2, -0.15) is 0 Å². The first kappa shape index (κ1) is 20.3. The largest absolute Gasteiger partial charge is 0.484 e. The molecule has 3 aromatic rings. The van der Waals surface area contributed by atoms with Gasteiger partial charge >= 0.3 is 0 Å². The van der Waals surface area contributed by atoms with Crippen LogP contribution in [0.5, 0.6) is 5.75 Å². The maximum absolute atomic E-state index is 12.2. The van der Waals surface area contributed by atoms with Gasteiger partial charge in [0.1, 0.15) is 5.75 Å². The lowest BCUT2D eigenvalue weighted by molar-refractivity contribution is -0.118. The lowest BCUT2D eigenvalue weighted by Gasteiger charge is -2.19. The van der Waals surface area contributed by atoms with Crippen molar-refractivity contribution in [2.75, 3.05) is 11.9 Å². The summed E-state index contributed by atoms with van der Waals surface area (Å²) in [6, 6.07) is 14.2. The zero-order valence-corrected chi connectivity index (χ0v) is 17.9. The van der Waals surface area contributed by atoms with Crippen molar-refractivity contribution in [3.05, 3.63) is 53.6 Å². The fourth-order valence-corrected chi connectivity index (χ4v) is 3.86. The lowest BCUT2D eigenvalue weighted by Crippen LogP contribution is -2.20. The SMILES string of the molecule is CCCCc1ccc2nc(NC(=O)COc3ccc(C(C)(C)C)cc3)sc2c1. The Bertz CT molecular complexity index is 939. The Balaban J connectivity index is 1.57. The monoisotopic (exact) mass is 396 g/mol. The van der Waals surface area contributed by atoms with E-state index in [-0.39, 0.29) is 17.9 Å². The topological polar surface area (TPSA) is 51.2 Å². The Kier molecular flexibility index (Phi) is 6.35. The third kappa shape index (κ3) is 5.32. The van der Waals surface area contributed by atoms with Gasteiger partial charge in [-0.1, -0.05) is 63.7 Å². The molecule has 1 aromatic heterocycles. The summed E-state index contributed by atoms with van der Waals surface area (Å²) in [6.45, 7) is 8.66. The van der Waals surface area contributed by atoms with Gasteiger partial charge in [-0.3, -0.25) is 10.1 Å². The first-order valence-corrected chi connectivity index (χ1v) is 10.6. The van der Waals surface area contributed by atoms with E-state index in [0.717, 1.165) is 16.6 Å². The number of nitrogens with one attached hydrogen (secondary N) is 1. The molecule has 0 spiro atoms. The van der Waals surface area contributed by atoms with Crippen molar-refractivity contribution >= 4 is 32.6 Å². The second kappa shape index (κ2) is 8.74. The molecule has 1 amide bonds.